The van der Waals surface area contributed by atoms with E-state index in [2.05, 4.69) is 26.6 Å². The molecular formula is C23H27F3N4O2. The molecule has 0 radical (unpaired) electrons. The minimum atomic E-state index is -4.74. The average Bonchev–Trinajstić information content (AvgIpc) is 2.76. The maximum absolute atomic E-state index is 13.2. The Morgan fingerprint density at radius 3 is 2.47 bits per heavy atom. The van der Waals surface area contributed by atoms with Gasteiger partial charge >= 0.3 is 6.36 Å². The minimum Gasteiger partial charge on any atom is -0.406 e. The van der Waals surface area contributed by atoms with Crippen molar-refractivity contribution in [1.82, 2.24) is 9.88 Å². The van der Waals surface area contributed by atoms with Gasteiger partial charge in [-0.1, -0.05) is 6.07 Å². The smallest absolute Gasteiger partial charge is 0.406 e. The standard InChI is InChI=1S/C23H27F3N4O2/c1-28-12-14-29(15-13-28)21-17(4-2-10-27-21)16-18-5-3-11-30(22(18)31)19-6-8-20(9-7-19)32-23(24,25)26/h2,4,6-10,18H,3,5,11-16H2,1H3. The SMILES string of the molecule is CN1CCN(c2ncccc2CC2CCCN(c3ccc(OC(F)(F)F)cc3)C2=O)CC1. The van der Waals surface area contributed by atoms with Crippen LogP contribution in [-0.2, 0) is 11.2 Å². The molecule has 0 spiro atoms. The number of halogens is 3. The molecule has 32 heavy (non-hydrogen) atoms. The van der Waals surface area contributed by atoms with Crippen LogP contribution in [0.15, 0.2) is 42.6 Å². The van der Waals surface area contributed by atoms with Crippen molar-refractivity contribution in [2.24, 2.45) is 5.92 Å². The van der Waals surface area contributed by atoms with Crippen LogP contribution in [0.2, 0.25) is 0 Å². The van der Waals surface area contributed by atoms with E-state index in [4.69, 9.17) is 0 Å². The molecule has 0 bridgehead atoms. The highest BCUT2D eigenvalue weighted by Gasteiger charge is 2.33. The lowest BCUT2D eigenvalue weighted by Crippen LogP contribution is -2.45. The molecule has 2 fully saturated rings. The van der Waals surface area contributed by atoms with Crippen LogP contribution >= 0.6 is 0 Å². The number of ether oxygens (including phenoxy) is 1. The first-order chi connectivity index (χ1) is 15.3. The normalized spacial score (nSPS) is 20.5. The number of piperazine rings is 1. The van der Waals surface area contributed by atoms with Crippen LogP contribution in [0.5, 0.6) is 5.75 Å². The zero-order valence-electron chi connectivity index (χ0n) is 18.0. The van der Waals surface area contributed by atoms with Gasteiger partial charge in [-0.15, -0.1) is 13.2 Å². The number of aromatic nitrogens is 1. The van der Waals surface area contributed by atoms with E-state index in [0.29, 0.717) is 18.7 Å². The number of carbonyl (C=O) groups is 1. The summed E-state index contributed by atoms with van der Waals surface area (Å²) in [5.41, 5.74) is 1.64. The Bertz CT molecular complexity index is 928. The lowest BCUT2D eigenvalue weighted by molar-refractivity contribution is -0.274. The third-order valence-electron chi connectivity index (χ3n) is 6.07. The number of likely N-dealkylation sites (N-methyl/N-ethyl adjacent to an activating group) is 1. The van der Waals surface area contributed by atoms with Crippen molar-refractivity contribution >= 4 is 17.4 Å². The number of hydrogen-bond donors (Lipinski definition) is 0. The first-order valence-corrected chi connectivity index (χ1v) is 10.8. The van der Waals surface area contributed by atoms with Crippen LogP contribution in [0.1, 0.15) is 18.4 Å². The Kier molecular flexibility index (Phi) is 6.55. The van der Waals surface area contributed by atoms with Gasteiger partial charge in [0, 0.05) is 50.5 Å². The van der Waals surface area contributed by atoms with Crippen molar-refractivity contribution in [1.29, 1.82) is 0 Å². The summed E-state index contributed by atoms with van der Waals surface area (Å²) in [6.07, 6.45) is -0.738. The molecule has 1 aromatic heterocycles. The zero-order valence-corrected chi connectivity index (χ0v) is 18.0. The minimum absolute atomic E-state index is 0.00563. The predicted octanol–water partition coefficient (Wildman–Crippen LogP) is 3.72. The lowest BCUT2D eigenvalue weighted by atomic mass is 9.90. The van der Waals surface area contributed by atoms with Gasteiger partial charge in [-0.25, -0.2) is 4.98 Å². The van der Waals surface area contributed by atoms with Gasteiger partial charge in [0.15, 0.2) is 0 Å². The molecule has 172 valence electrons. The number of rotatable bonds is 5. The van der Waals surface area contributed by atoms with Crippen molar-refractivity contribution < 1.29 is 22.7 Å². The summed E-state index contributed by atoms with van der Waals surface area (Å²) in [6, 6.07) is 9.43. The molecule has 1 amide bonds. The molecule has 1 atom stereocenters. The summed E-state index contributed by atoms with van der Waals surface area (Å²) in [6.45, 7) is 4.29. The molecule has 0 N–H and O–H groups in total. The Labute approximate surface area is 185 Å². The van der Waals surface area contributed by atoms with Gasteiger partial charge in [0.25, 0.3) is 0 Å². The number of alkyl halides is 3. The van der Waals surface area contributed by atoms with Crippen molar-refractivity contribution in [3.63, 3.8) is 0 Å². The van der Waals surface area contributed by atoms with Crippen LogP contribution in [-0.4, -0.2) is 61.9 Å². The highest BCUT2D eigenvalue weighted by molar-refractivity contribution is 5.96. The van der Waals surface area contributed by atoms with Gasteiger partial charge in [-0.05, 0) is 62.2 Å². The first-order valence-electron chi connectivity index (χ1n) is 10.8. The first kappa shape index (κ1) is 22.4. The number of piperidine rings is 1. The van der Waals surface area contributed by atoms with E-state index < -0.39 is 6.36 Å². The summed E-state index contributed by atoms with van der Waals surface area (Å²) >= 11 is 0. The Hall–Kier alpha value is -2.81. The zero-order chi connectivity index (χ0) is 22.7. The van der Waals surface area contributed by atoms with Crippen LogP contribution in [0.25, 0.3) is 0 Å². The van der Waals surface area contributed by atoms with Crippen molar-refractivity contribution in [3.8, 4) is 5.75 Å². The van der Waals surface area contributed by atoms with Gasteiger partial charge in [-0.2, -0.15) is 0 Å². The van der Waals surface area contributed by atoms with Gasteiger partial charge < -0.3 is 19.4 Å². The highest BCUT2D eigenvalue weighted by Crippen LogP contribution is 2.31. The third-order valence-corrected chi connectivity index (χ3v) is 6.07. The largest absolute Gasteiger partial charge is 0.573 e. The fraction of sp³-hybridized carbons (Fsp3) is 0.478. The fourth-order valence-electron chi connectivity index (χ4n) is 4.38. The van der Waals surface area contributed by atoms with Crippen molar-refractivity contribution in [2.75, 3.05) is 49.6 Å². The molecule has 2 aliphatic rings. The molecule has 2 aliphatic heterocycles. The van der Waals surface area contributed by atoms with E-state index in [1.54, 1.807) is 11.1 Å². The van der Waals surface area contributed by atoms with Gasteiger partial charge in [0.2, 0.25) is 5.91 Å². The molecule has 9 heteroatoms. The Morgan fingerprint density at radius 1 is 1.06 bits per heavy atom. The van der Waals surface area contributed by atoms with Crippen LogP contribution < -0.4 is 14.5 Å². The van der Waals surface area contributed by atoms with E-state index in [1.165, 1.54) is 24.3 Å². The molecule has 4 rings (SSSR count). The van der Waals surface area contributed by atoms with E-state index in [9.17, 15) is 18.0 Å². The van der Waals surface area contributed by atoms with Gasteiger partial charge in [0.05, 0.1) is 0 Å². The fourth-order valence-corrected chi connectivity index (χ4v) is 4.38. The second-order valence-corrected chi connectivity index (χ2v) is 8.35. The summed E-state index contributed by atoms with van der Waals surface area (Å²) in [5, 5.41) is 0. The van der Waals surface area contributed by atoms with E-state index in [1.807, 2.05) is 12.1 Å². The average molecular weight is 448 g/mol. The molecular weight excluding hydrogens is 421 g/mol. The molecule has 6 nitrogen and oxygen atoms in total. The molecule has 1 unspecified atom stereocenters. The number of hydrogen-bond acceptors (Lipinski definition) is 5. The molecule has 2 aromatic rings. The molecule has 0 saturated carbocycles. The van der Waals surface area contributed by atoms with E-state index >= 15 is 0 Å². The van der Waals surface area contributed by atoms with Crippen LogP contribution in [0, 0.1) is 5.92 Å². The highest BCUT2D eigenvalue weighted by atomic mass is 19.4. The van der Waals surface area contributed by atoms with Gasteiger partial charge in [-0.3, -0.25) is 4.79 Å². The summed E-state index contributed by atoms with van der Waals surface area (Å²) in [7, 11) is 2.10. The van der Waals surface area contributed by atoms with Crippen LogP contribution in [0.4, 0.5) is 24.7 Å². The summed E-state index contributed by atoms with van der Waals surface area (Å²) in [5.74, 6) is 0.452. The topological polar surface area (TPSA) is 48.9 Å². The monoisotopic (exact) mass is 448 g/mol. The van der Waals surface area contributed by atoms with E-state index in [-0.39, 0.29) is 17.6 Å². The molecule has 2 saturated heterocycles. The summed E-state index contributed by atoms with van der Waals surface area (Å²) in [4.78, 5) is 24.1. The predicted molar refractivity (Wildman–Crippen MR) is 116 cm³/mol. The number of amides is 1. The van der Waals surface area contributed by atoms with Crippen molar-refractivity contribution in [3.05, 3.63) is 48.2 Å². The quantitative estimate of drug-likeness (QED) is 0.698. The van der Waals surface area contributed by atoms with Crippen LogP contribution in [0.3, 0.4) is 0 Å². The number of benzene rings is 1. The number of anilines is 2. The molecule has 0 aliphatic carbocycles. The van der Waals surface area contributed by atoms with Gasteiger partial charge in [0.1, 0.15) is 11.6 Å². The number of pyridine rings is 1. The Morgan fingerprint density at radius 2 is 1.78 bits per heavy atom. The third kappa shape index (κ3) is 5.32. The maximum Gasteiger partial charge on any atom is 0.573 e. The number of nitrogens with zero attached hydrogens (tertiary/aromatic N) is 4. The van der Waals surface area contributed by atoms with E-state index in [0.717, 1.165) is 50.4 Å². The summed E-state index contributed by atoms with van der Waals surface area (Å²) < 4.78 is 41.1. The molecule has 1 aromatic carbocycles. The lowest BCUT2D eigenvalue weighted by Gasteiger charge is -2.35. The maximum atomic E-state index is 13.2. The second kappa shape index (κ2) is 9.36. The second-order valence-electron chi connectivity index (χ2n) is 8.35. The number of carbonyl (C=O) groups excluding carboxylic acids is 1. The Balaban J connectivity index is 1.46. The van der Waals surface area contributed by atoms with Crippen molar-refractivity contribution in [2.45, 2.75) is 25.6 Å². The molecule has 3 heterocycles.